The Morgan fingerprint density at radius 1 is 1.29 bits per heavy atom. The summed E-state index contributed by atoms with van der Waals surface area (Å²) in [7, 11) is 0. The molecule has 0 bridgehead atoms. The Labute approximate surface area is 161 Å². The smallest absolute Gasteiger partial charge is 0.222 e. The predicted octanol–water partition coefficient (Wildman–Crippen LogP) is 1.99. The van der Waals surface area contributed by atoms with Crippen molar-refractivity contribution in [2.24, 2.45) is 10.7 Å². The molecule has 0 aromatic carbocycles. The fraction of sp³-hybridized carbons (Fsp3) is 0.588. The lowest BCUT2D eigenvalue weighted by Crippen LogP contribution is -2.37. The molecule has 1 saturated carbocycles. The summed E-state index contributed by atoms with van der Waals surface area (Å²) < 4.78 is 0. The molecule has 6 nitrogen and oxygen atoms in total. The Bertz CT molecular complexity index is 503. The molecule has 2 rings (SSSR count). The van der Waals surface area contributed by atoms with Gasteiger partial charge in [0.05, 0.1) is 6.54 Å². The van der Waals surface area contributed by atoms with E-state index in [-0.39, 0.29) is 29.9 Å². The lowest BCUT2D eigenvalue weighted by Gasteiger charge is -2.22. The van der Waals surface area contributed by atoms with Gasteiger partial charge in [-0.2, -0.15) is 0 Å². The molecule has 7 heteroatoms. The van der Waals surface area contributed by atoms with Crippen molar-refractivity contribution >= 4 is 35.8 Å². The molecule has 4 N–H and O–H groups in total. The van der Waals surface area contributed by atoms with Crippen molar-refractivity contribution in [2.45, 2.75) is 51.0 Å². The first-order valence-electron chi connectivity index (χ1n) is 8.47. The Kier molecular flexibility index (Phi) is 10.4. The molecule has 1 aliphatic rings. The fourth-order valence-corrected chi connectivity index (χ4v) is 2.75. The van der Waals surface area contributed by atoms with Crippen LogP contribution in [0.5, 0.6) is 0 Å². The number of pyridine rings is 1. The number of carbonyl (C=O) groups excluding carboxylic acids is 1. The minimum atomic E-state index is 0. The zero-order chi connectivity index (χ0) is 16.3. The van der Waals surface area contributed by atoms with Crippen molar-refractivity contribution in [3.63, 3.8) is 0 Å². The van der Waals surface area contributed by atoms with Gasteiger partial charge >= 0.3 is 0 Å². The third kappa shape index (κ3) is 8.47. The molecule has 1 aromatic rings. The first-order chi connectivity index (χ1) is 11.2. The number of amides is 1. The van der Waals surface area contributed by atoms with Crippen molar-refractivity contribution in [2.75, 3.05) is 13.1 Å². The predicted molar refractivity (Wildman–Crippen MR) is 107 cm³/mol. The second kappa shape index (κ2) is 12.0. The van der Waals surface area contributed by atoms with Crippen molar-refractivity contribution in [1.82, 2.24) is 15.6 Å². The van der Waals surface area contributed by atoms with Crippen LogP contribution >= 0.6 is 24.0 Å². The van der Waals surface area contributed by atoms with Gasteiger partial charge in [-0.15, -0.1) is 24.0 Å². The van der Waals surface area contributed by atoms with Crippen LogP contribution < -0.4 is 16.4 Å². The summed E-state index contributed by atoms with van der Waals surface area (Å²) in [6.45, 7) is 1.10. The van der Waals surface area contributed by atoms with Gasteiger partial charge < -0.3 is 16.4 Å². The van der Waals surface area contributed by atoms with Crippen LogP contribution in [0.15, 0.2) is 29.4 Å². The summed E-state index contributed by atoms with van der Waals surface area (Å²) in [6.07, 6.45) is 8.89. The molecule has 0 unspecified atom stereocenters. The van der Waals surface area contributed by atoms with Crippen molar-refractivity contribution < 1.29 is 4.79 Å². The van der Waals surface area contributed by atoms with Gasteiger partial charge in [0.25, 0.3) is 0 Å². The molecule has 0 spiro atoms. The second-order valence-electron chi connectivity index (χ2n) is 5.92. The van der Waals surface area contributed by atoms with Crippen LogP contribution in [0, 0.1) is 0 Å². The number of rotatable bonds is 7. The van der Waals surface area contributed by atoms with E-state index in [4.69, 9.17) is 5.73 Å². The molecule has 134 valence electrons. The number of guanidine groups is 1. The zero-order valence-corrected chi connectivity index (χ0v) is 16.4. The van der Waals surface area contributed by atoms with E-state index in [0.717, 1.165) is 25.0 Å². The molecule has 0 saturated heterocycles. The van der Waals surface area contributed by atoms with Crippen molar-refractivity contribution in [3.8, 4) is 0 Å². The molecule has 1 aromatic heterocycles. The van der Waals surface area contributed by atoms with Gasteiger partial charge in [0.15, 0.2) is 5.96 Å². The van der Waals surface area contributed by atoms with E-state index < -0.39 is 0 Å². The molecule has 1 amide bonds. The van der Waals surface area contributed by atoms with Crippen LogP contribution in [0.2, 0.25) is 0 Å². The van der Waals surface area contributed by atoms with Crippen LogP contribution in [-0.2, 0) is 11.2 Å². The van der Waals surface area contributed by atoms with E-state index in [9.17, 15) is 4.79 Å². The molecular formula is C17H28IN5O. The maximum Gasteiger partial charge on any atom is 0.222 e. The standard InChI is InChI=1S/C17H27N5O.HI/c18-17(20-12-9-14-6-4-5-11-19-14)21-13-10-16(23)22-15-7-2-1-3-8-15;/h4-6,11,15H,1-3,7-10,12-13H2,(H,22,23)(H3,18,20,21);1H. The number of hydrogen-bond acceptors (Lipinski definition) is 3. The highest BCUT2D eigenvalue weighted by Gasteiger charge is 2.15. The number of carbonyl (C=O) groups is 1. The minimum absolute atomic E-state index is 0. The highest BCUT2D eigenvalue weighted by atomic mass is 127. The quantitative estimate of drug-likeness (QED) is 0.340. The number of nitrogens with one attached hydrogen (secondary N) is 2. The first-order valence-corrected chi connectivity index (χ1v) is 8.47. The van der Waals surface area contributed by atoms with E-state index in [1.165, 1.54) is 19.3 Å². The average molecular weight is 445 g/mol. The summed E-state index contributed by atoms with van der Waals surface area (Å²) in [6, 6.07) is 6.19. The summed E-state index contributed by atoms with van der Waals surface area (Å²) >= 11 is 0. The lowest BCUT2D eigenvalue weighted by molar-refractivity contribution is -0.121. The molecule has 24 heavy (non-hydrogen) atoms. The normalized spacial score (nSPS) is 15.4. The van der Waals surface area contributed by atoms with Gasteiger partial charge in [0.1, 0.15) is 0 Å². The monoisotopic (exact) mass is 445 g/mol. The van der Waals surface area contributed by atoms with Crippen LogP contribution in [0.25, 0.3) is 0 Å². The van der Waals surface area contributed by atoms with E-state index in [1.54, 1.807) is 6.20 Å². The van der Waals surface area contributed by atoms with E-state index in [0.29, 0.717) is 31.5 Å². The molecule has 0 atom stereocenters. The number of nitrogens with two attached hydrogens (primary N) is 1. The topological polar surface area (TPSA) is 92.4 Å². The Hall–Kier alpha value is -1.38. The van der Waals surface area contributed by atoms with Crippen molar-refractivity contribution in [3.05, 3.63) is 30.1 Å². The van der Waals surface area contributed by atoms with Gasteiger partial charge in [0.2, 0.25) is 5.91 Å². The van der Waals surface area contributed by atoms with Crippen LogP contribution in [-0.4, -0.2) is 36.0 Å². The Morgan fingerprint density at radius 3 is 2.79 bits per heavy atom. The molecular weight excluding hydrogens is 417 g/mol. The average Bonchev–Trinajstić information content (AvgIpc) is 2.57. The second-order valence-corrected chi connectivity index (χ2v) is 5.92. The van der Waals surface area contributed by atoms with E-state index in [1.807, 2.05) is 18.2 Å². The number of halogens is 1. The summed E-state index contributed by atoms with van der Waals surface area (Å²) in [5.41, 5.74) is 6.81. The van der Waals surface area contributed by atoms with E-state index >= 15 is 0 Å². The molecule has 0 radical (unpaired) electrons. The fourth-order valence-electron chi connectivity index (χ4n) is 2.75. The van der Waals surface area contributed by atoms with Crippen molar-refractivity contribution in [1.29, 1.82) is 0 Å². The highest BCUT2D eigenvalue weighted by molar-refractivity contribution is 14.0. The van der Waals surface area contributed by atoms with Crippen LogP contribution in [0.4, 0.5) is 0 Å². The summed E-state index contributed by atoms with van der Waals surface area (Å²) in [5.74, 6) is 0.452. The lowest BCUT2D eigenvalue weighted by atomic mass is 9.95. The Morgan fingerprint density at radius 2 is 2.08 bits per heavy atom. The largest absolute Gasteiger partial charge is 0.370 e. The minimum Gasteiger partial charge on any atom is -0.370 e. The zero-order valence-electron chi connectivity index (χ0n) is 14.0. The third-order valence-electron chi connectivity index (χ3n) is 4.00. The van der Waals surface area contributed by atoms with E-state index in [2.05, 4.69) is 20.6 Å². The maximum absolute atomic E-state index is 11.8. The first kappa shape index (κ1) is 20.7. The molecule has 1 fully saturated rings. The number of hydrogen-bond donors (Lipinski definition) is 3. The molecule has 1 heterocycles. The van der Waals surface area contributed by atoms with Gasteiger partial charge in [-0.1, -0.05) is 25.3 Å². The SMILES string of the molecule is I.NC(=NCCC(=O)NC1CCCCC1)NCCc1ccccn1. The molecule has 1 aliphatic carbocycles. The highest BCUT2D eigenvalue weighted by Crippen LogP contribution is 2.17. The number of nitrogens with zero attached hydrogens (tertiary/aromatic N) is 2. The summed E-state index contributed by atoms with van der Waals surface area (Å²) in [5, 5.41) is 6.12. The van der Waals surface area contributed by atoms with Gasteiger partial charge in [-0.05, 0) is 25.0 Å². The number of aromatic nitrogens is 1. The van der Waals surface area contributed by atoms with Gasteiger partial charge in [-0.3, -0.25) is 14.8 Å². The summed E-state index contributed by atoms with van der Waals surface area (Å²) in [4.78, 5) is 20.3. The number of aliphatic imine (C=N–C) groups is 1. The van der Waals surface area contributed by atoms with Crippen LogP contribution in [0.3, 0.4) is 0 Å². The van der Waals surface area contributed by atoms with Gasteiger partial charge in [0, 0.05) is 37.3 Å². The van der Waals surface area contributed by atoms with Crippen LogP contribution in [0.1, 0.15) is 44.2 Å². The Balaban J connectivity index is 0.00000288. The molecule has 0 aliphatic heterocycles. The maximum atomic E-state index is 11.8. The third-order valence-corrected chi connectivity index (χ3v) is 4.00. The van der Waals surface area contributed by atoms with Gasteiger partial charge in [-0.25, -0.2) is 0 Å².